The summed E-state index contributed by atoms with van der Waals surface area (Å²) in [5, 5.41) is 0. The molecule has 0 N–H and O–H groups in total. The van der Waals surface area contributed by atoms with Crippen LogP contribution in [0.25, 0.3) is 0 Å². The molecule has 1 aliphatic heterocycles. The molecule has 0 bridgehead atoms. The summed E-state index contributed by atoms with van der Waals surface area (Å²) >= 11 is 0. The van der Waals surface area contributed by atoms with E-state index >= 15 is 0 Å². The molecule has 2 rings (SSSR count). The second-order valence-electron chi connectivity index (χ2n) is 6.08. The molecule has 1 aromatic rings. The molecule has 4 nitrogen and oxygen atoms in total. The Hall–Kier alpha value is -1.55. The molecule has 122 valence electrons. The number of benzene rings is 1. The van der Waals surface area contributed by atoms with Gasteiger partial charge in [-0.1, -0.05) is 13.8 Å². The van der Waals surface area contributed by atoms with Gasteiger partial charge in [-0.2, -0.15) is 0 Å². The summed E-state index contributed by atoms with van der Waals surface area (Å²) in [7, 11) is 0. The van der Waals surface area contributed by atoms with Crippen LogP contribution in [-0.4, -0.2) is 43.7 Å². The molecule has 1 aliphatic rings. The second kappa shape index (κ2) is 8.79. The highest BCUT2D eigenvalue weighted by atomic mass is 16.5. The zero-order valence-corrected chi connectivity index (χ0v) is 13.7. The van der Waals surface area contributed by atoms with Crippen molar-refractivity contribution in [3.05, 3.63) is 29.8 Å². The maximum absolute atomic E-state index is 12.0. The van der Waals surface area contributed by atoms with E-state index in [9.17, 15) is 4.79 Å². The third-order valence-corrected chi connectivity index (χ3v) is 3.83. The van der Waals surface area contributed by atoms with Crippen LogP contribution in [0.3, 0.4) is 0 Å². The second-order valence-corrected chi connectivity index (χ2v) is 6.08. The smallest absolute Gasteiger partial charge is 0.338 e. The standard InChI is InChI=1S/C18H27NO3/c1-3-12-21-17-8-6-16(7-9-17)18(20)22-14-15(2)13-19-10-4-5-11-19/h6-9,15H,3-5,10-14H2,1-2H3. The van der Waals surface area contributed by atoms with E-state index in [0.29, 0.717) is 24.7 Å². The van der Waals surface area contributed by atoms with Crippen molar-refractivity contribution in [3.63, 3.8) is 0 Å². The van der Waals surface area contributed by atoms with Gasteiger partial charge < -0.3 is 14.4 Å². The lowest BCUT2D eigenvalue weighted by atomic mass is 10.2. The summed E-state index contributed by atoms with van der Waals surface area (Å²) in [6, 6.07) is 7.16. The number of nitrogens with zero attached hydrogens (tertiary/aromatic N) is 1. The SMILES string of the molecule is CCCOc1ccc(C(=O)OCC(C)CN2CCCC2)cc1. The van der Waals surface area contributed by atoms with Gasteiger partial charge in [0, 0.05) is 12.5 Å². The predicted molar refractivity (Wildman–Crippen MR) is 87.3 cm³/mol. The fourth-order valence-electron chi connectivity index (χ4n) is 2.67. The van der Waals surface area contributed by atoms with Crippen LogP contribution >= 0.6 is 0 Å². The average Bonchev–Trinajstić information content (AvgIpc) is 3.04. The summed E-state index contributed by atoms with van der Waals surface area (Å²) in [6.45, 7) is 8.73. The Morgan fingerprint density at radius 3 is 2.55 bits per heavy atom. The minimum atomic E-state index is -0.254. The van der Waals surface area contributed by atoms with Crippen LogP contribution in [0.5, 0.6) is 5.75 Å². The van der Waals surface area contributed by atoms with E-state index in [1.807, 2.05) is 12.1 Å². The van der Waals surface area contributed by atoms with Gasteiger partial charge in [-0.15, -0.1) is 0 Å². The molecule has 1 heterocycles. The molecule has 0 aliphatic carbocycles. The number of hydrogen-bond donors (Lipinski definition) is 0. The molecular formula is C18H27NO3. The zero-order valence-electron chi connectivity index (χ0n) is 13.7. The molecule has 22 heavy (non-hydrogen) atoms. The predicted octanol–water partition coefficient (Wildman–Crippen LogP) is 3.36. The first-order chi connectivity index (χ1) is 10.7. The average molecular weight is 305 g/mol. The van der Waals surface area contributed by atoms with Crippen molar-refractivity contribution in [2.45, 2.75) is 33.1 Å². The van der Waals surface area contributed by atoms with E-state index < -0.39 is 0 Å². The molecule has 0 amide bonds. The van der Waals surface area contributed by atoms with Crippen molar-refractivity contribution in [1.29, 1.82) is 0 Å². The van der Waals surface area contributed by atoms with Crippen LogP contribution in [0, 0.1) is 5.92 Å². The summed E-state index contributed by atoms with van der Waals surface area (Å²) in [4.78, 5) is 14.5. The van der Waals surface area contributed by atoms with Gasteiger partial charge in [0.05, 0.1) is 18.8 Å². The Balaban J connectivity index is 1.73. The molecular weight excluding hydrogens is 278 g/mol. The Morgan fingerprint density at radius 1 is 1.23 bits per heavy atom. The quantitative estimate of drug-likeness (QED) is 0.690. The fraction of sp³-hybridized carbons (Fsp3) is 0.611. The third kappa shape index (κ3) is 5.34. The largest absolute Gasteiger partial charge is 0.494 e. The first-order valence-electron chi connectivity index (χ1n) is 8.31. The molecule has 0 radical (unpaired) electrons. The number of ether oxygens (including phenoxy) is 2. The molecule has 1 atom stereocenters. The summed E-state index contributed by atoms with van der Waals surface area (Å²) in [5.74, 6) is 0.908. The van der Waals surface area contributed by atoms with Gasteiger partial charge in [0.15, 0.2) is 0 Å². The Labute approximate surface area is 133 Å². The van der Waals surface area contributed by atoms with Crippen LogP contribution in [0.1, 0.15) is 43.5 Å². The summed E-state index contributed by atoms with van der Waals surface area (Å²) < 4.78 is 10.9. The first-order valence-corrected chi connectivity index (χ1v) is 8.31. The van der Waals surface area contributed by atoms with Crippen molar-refractivity contribution in [1.82, 2.24) is 4.90 Å². The molecule has 0 spiro atoms. The lowest BCUT2D eigenvalue weighted by Crippen LogP contribution is -2.28. The number of likely N-dealkylation sites (tertiary alicyclic amines) is 1. The topological polar surface area (TPSA) is 38.8 Å². The Bertz CT molecular complexity index is 452. The van der Waals surface area contributed by atoms with Crippen LogP contribution in [-0.2, 0) is 4.74 Å². The molecule has 0 saturated carbocycles. The van der Waals surface area contributed by atoms with Crippen molar-refractivity contribution in [3.8, 4) is 5.75 Å². The van der Waals surface area contributed by atoms with Crippen molar-refractivity contribution < 1.29 is 14.3 Å². The van der Waals surface area contributed by atoms with Gasteiger partial charge >= 0.3 is 5.97 Å². The first kappa shape index (κ1) is 16.8. The number of hydrogen-bond acceptors (Lipinski definition) is 4. The van der Waals surface area contributed by atoms with Crippen LogP contribution in [0.2, 0.25) is 0 Å². The zero-order chi connectivity index (χ0) is 15.8. The van der Waals surface area contributed by atoms with Crippen molar-refractivity contribution in [2.75, 3.05) is 32.8 Å². The fourth-order valence-corrected chi connectivity index (χ4v) is 2.67. The molecule has 0 aromatic heterocycles. The lowest BCUT2D eigenvalue weighted by molar-refractivity contribution is 0.0427. The molecule has 1 saturated heterocycles. The molecule has 1 fully saturated rings. The number of rotatable bonds is 8. The van der Waals surface area contributed by atoms with Crippen molar-refractivity contribution >= 4 is 5.97 Å². The monoisotopic (exact) mass is 305 g/mol. The molecule has 1 aromatic carbocycles. The van der Waals surface area contributed by atoms with Crippen LogP contribution < -0.4 is 4.74 Å². The van der Waals surface area contributed by atoms with E-state index in [1.165, 1.54) is 25.9 Å². The van der Waals surface area contributed by atoms with Crippen LogP contribution in [0.4, 0.5) is 0 Å². The molecule has 1 unspecified atom stereocenters. The van der Waals surface area contributed by atoms with Crippen LogP contribution in [0.15, 0.2) is 24.3 Å². The number of carbonyl (C=O) groups is 1. The number of carbonyl (C=O) groups excluding carboxylic acids is 1. The van der Waals surface area contributed by atoms with E-state index in [4.69, 9.17) is 9.47 Å². The van der Waals surface area contributed by atoms with Gasteiger partial charge in [-0.3, -0.25) is 0 Å². The maximum Gasteiger partial charge on any atom is 0.338 e. The van der Waals surface area contributed by atoms with Gasteiger partial charge in [0.1, 0.15) is 5.75 Å². The van der Waals surface area contributed by atoms with Gasteiger partial charge in [-0.05, 0) is 56.6 Å². The minimum absolute atomic E-state index is 0.254. The maximum atomic E-state index is 12.0. The minimum Gasteiger partial charge on any atom is -0.494 e. The highest BCUT2D eigenvalue weighted by Crippen LogP contribution is 2.14. The highest BCUT2D eigenvalue weighted by molar-refractivity contribution is 5.89. The van der Waals surface area contributed by atoms with Gasteiger partial charge in [0.25, 0.3) is 0 Å². The summed E-state index contributed by atoms with van der Waals surface area (Å²) in [5.41, 5.74) is 0.581. The Morgan fingerprint density at radius 2 is 1.91 bits per heavy atom. The van der Waals surface area contributed by atoms with E-state index in [1.54, 1.807) is 12.1 Å². The van der Waals surface area contributed by atoms with E-state index in [-0.39, 0.29) is 5.97 Å². The third-order valence-electron chi connectivity index (χ3n) is 3.83. The molecule has 4 heteroatoms. The van der Waals surface area contributed by atoms with Crippen molar-refractivity contribution in [2.24, 2.45) is 5.92 Å². The van der Waals surface area contributed by atoms with Gasteiger partial charge in [0.2, 0.25) is 0 Å². The lowest BCUT2D eigenvalue weighted by Gasteiger charge is -2.19. The van der Waals surface area contributed by atoms with E-state index in [2.05, 4.69) is 18.7 Å². The van der Waals surface area contributed by atoms with Gasteiger partial charge in [-0.25, -0.2) is 4.79 Å². The number of esters is 1. The summed E-state index contributed by atoms with van der Waals surface area (Å²) in [6.07, 6.45) is 3.55. The Kier molecular flexibility index (Phi) is 6.72. The van der Waals surface area contributed by atoms with E-state index in [0.717, 1.165) is 18.7 Å². The highest BCUT2D eigenvalue weighted by Gasteiger charge is 2.16. The normalized spacial score (nSPS) is 16.5.